The number of benzene rings is 1. The topological polar surface area (TPSA) is 107 Å². The zero-order valence-corrected chi connectivity index (χ0v) is 15.2. The molecule has 0 aromatic heterocycles. The van der Waals surface area contributed by atoms with E-state index in [1.807, 2.05) is 0 Å². The number of carbonyl (C=O) groups excluding carboxylic acids is 3. The van der Waals surface area contributed by atoms with Crippen molar-refractivity contribution in [2.45, 2.75) is 25.7 Å². The van der Waals surface area contributed by atoms with Gasteiger partial charge in [0.05, 0.1) is 12.5 Å². The number of carboxylic acids is 1. The van der Waals surface area contributed by atoms with Gasteiger partial charge in [-0.3, -0.25) is 19.2 Å². The first-order valence-corrected chi connectivity index (χ1v) is 9.04. The van der Waals surface area contributed by atoms with Crippen molar-refractivity contribution in [3.8, 4) is 0 Å². The Bertz CT molecular complexity index is 784. The third-order valence-corrected chi connectivity index (χ3v) is 5.16. The van der Waals surface area contributed by atoms with Gasteiger partial charge in [-0.15, -0.1) is 0 Å². The Labute approximate surface area is 157 Å². The third-order valence-electron chi connectivity index (χ3n) is 5.16. The highest BCUT2D eigenvalue weighted by Gasteiger charge is 2.28. The van der Waals surface area contributed by atoms with Gasteiger partial charge in [-0.2, -0.15) is 0 Å². The molecule has 1 aromatic rings. The molecule has 0 bridgehead atoms. The Morgan fingerprint density at radius 1 is 1.22 bits per heavy atom. The van der Waals surface area contributed by atoms with Crippen molar-refractivity contribution in [2.75, 3.05) is 32.0 Å². The van der Waals surface area contributed by atoms with Crippen LogP contribution in [-0.2, 0) is 20.8 Å². The van der Waals surface area contributed by atoms with Crippen LogP contribution in [0.5, 0.6) is 0 Å². The van der Waals surface area contributed by atoms with Gasteiger partial charge in [0, 0.05) is 37.8 Å². The summed E-state index contributed by atoms with van der Waals surface area (Å²) < 4.78 is 0. The number of carbonyl (C=O) groups is 4. The maximum atomic E-state index is 12.6. The van der Waals surface area contributed by atoms with Gasteiger partial charge in [0.25, 0.3) is 5.91 Å². The Hall–Kier alpha value is -2.90. The van der Waals surface area contributed by atoms with E-state index >= 15 is 0 Å². The Kier molecular flexibility index (Phi) is 5.43. The fourth-order valence-corrected chi connectivity index (χ4v) is 3.49. The lowest BCUT2D eigenvalue weighted by molar-refractivity contribution is -0.145. The van der Waals surface area contributed by atoms with Gasteiger partial charge in [-0.05, 0) is 43.0 Å². The molecule has 2 N–H and O–H groups in total. The normalized spacial score (nSPS) is 17.1. The van der Waals surface area contributed by atoms with Crippen molar-refractivity contribution in [1.29, 1.82) is 0 Å². The Morgan fingerprint density at radius 3 is 2.59 bits per heavy atom. The largest absolute Gasteiger partial charge is 0.481 e. The summed E-state index contributed by atoms with van der Waals surface area (Å²) in [7, 11) is 1.57. The summed E-state index contributed by atoms with van der Waals surface area (Å²) in [6.45, 7) is 0.747. The fourth-order valence-electron chi connectivity index (χ4n) is 3.49. The number of anilines is 1. The molecule has 0 saturated carbocycles. The van der Waals surface area contributed by atoms with Crippen LogP contribution < -0.4 is 5.32 Å². The molecule has 1 aromatic carbocycles. The molecular weight excluding hydrogens is 350 g/mol. The molecule has 144 valence electrons. The van der Waals surface area contributed by atoms with Crippen molar-refractivity contribution >= 4 is 29.4 Å². The highest BCUT2D eigenvalue weighted by Crippen LogP contribution is 2.24. The zero-order chi connectivity index (χ0) is 19.6. The highest BCUT2D eigenvalue weighted by atomic mass is 16.4. The maximum absolute atomic E-state index is 12.6. The lowest BCUT2D eigenvalue weighted by Crippen LogP contribution is -2.45. The number of amides is 3. The van der Waals surface area contributed by atoms with Crippen LogP contribution in [0.15, 0.2) is 18.2 Å². The number of piperidine rings is 1. The molecule has 3 amide bonds. The predicted octanol–water partition coefficient (Wildman–Crippen LogP) is 0.966. The molecule has 2 aliphatic rings. The summed E-state index contributed by atoms with van der Waals surface area (Å²) in [5, 5.41) is 11.8. The molecule has 0 radical (unpaired) electrons. The average molecular weight is 373 g/mol. The van der Waals surface area contributed by atoms with Crippen LogP contribution in [0.2, 0.25) is 0 Å². The minimum absolute atomic E-state index is 0.0315. The second kappa shape index (κ2) is 7.77. The van der Waals surface area contributed by atoms with Crippen molar-refractivity contribution in [3.05, 3.63) is 29.3 Å². The second-order valence-electron chi connectivity index (χ2n) is 7.07. The molecule has 0 unspecified atom stereocenters. The number of rotatable bonds is 4. The van der Waals surface area contributed by atoms with E-state index in [1.54, 1.807) is 30.1 Å². The van der Waals surface area contributed by atoms with E-state index in [4.69, 9.17) is 5.11 Å². The molecule has 0 aliphatic carbocycles. The summed E-state index contributed by atoms with van der Waals surface area (Å²) >= 11 is 0. The third kappa shape index (κ3) is 4.27. The van der Waals surface area contributed by atoms with Crippen LogP contribution in [0.3, 0.4) is 0 Å². The second-order valence-corrected chi connectivity index (χ2v) is 7.07. The molecule has 0 spiro atoms. The van der Waals surface area contributed by atoms with Crippen molar-refractivity contribution in [2.24, 2.45) is 5.92 Å². The van der Waals surface area contributed by atoms with Gasteiger partial charge in [0.2, 0.25) is 11.8 Å². The molecule has 2 heterocycles. The van der Waals surface area contributed by atoms with E-state index < -0.39 is 11.9 Å². The van der Waals surface area contributed by atoms with Crippen molar-refractivity contribution in [3.63, 3.8) is 0 Å². The molecule has 2 aliphatic heterocycles. The van der Waals surface area contributed by atoms with Crippen LogP contribution >= 0.6 is 0 Å². The smallest absolute Gasteiger partial charge is 0.306 e. The number of likely N-dealkylation sites (tertiary alicyclic amines) is 1. The lowest BCUT2D eigenvalue weighted by atomic mass is 9.97. The Balaban J connectivity index is 1.58. The molecular formula is C19H23N3O5. The number of aliphatic carboxylic acids is 1. The van der Waals surface area contributed by atoms with Gasteiger partial charge >= 0.3 is 5.97 Å². The minimum atomic E-state index is -0.821. The van der Waals surface area contributed by atoms with Gasteiger partial charge < -0.3 is 20.2 Å². The number of hydrogen-bond acceptors (Lipinski definition) is 4. The first-order valence-electron chi connectivity index (χ1n) is 9.04. The van der Waals surface area contributed by atoms with Crippen LogP contribution in [-0.4, -0.2) is 65.3 Å². The SMILES string of the molecule is CN(CC(=O)N1CCC(C(=O)O)CC1)C(=O)c1ccc2c(c1)CCC(=O)N2. The first kappa shape index (κ1) is 18.9. The van der Waals surface area contributed by atoms with Crippen LogP contribution in [0.4, 0.5) is 5.69 Å². The number of likely N-dealkylation sites (N-methyl/N-ethyl adjacent to an activating group) is 1. The highest BCUT2D eigenvalue weighted by molar-refractivity contribution is 5.99. The van der Waals surface area contributed by atoms with Gasteiger partial charge in [0.15, 0.2) is 0 Å². The van der Waals surface area contributed by atoms with E-state index in [-0.39, 0.29) is 24.3 Å². The summed E-state index contributed by atoms with van der Waals surface area (Å²) in [6.07, 6.45) is 1.86. The lowest BCUT2D eigenvalue weighted by Gasteiger charge is -2.31. The monoisotopic (exact) mass is 373 g/mol. The standard InChI is InChI=1S/C19H23N3O5/c1-21(11-17(24)22-8-6-12(7-9-22)19(26)27)18(25)14-2-4-15-13(10-14)3-5-16(23)20-15/h2,4,10,12H,3,5-9,11H2,1H3,(H,20,23)(H,26,27). The first-order chi connectivity index (χ1) is 12.8. The minimum Gasteiger partial charge on any atom is -0.481 e. The van der Waals surface area contributed by atoms with Crippen LogP contribution in [0.25, 0.3) is 0 Å². The number of nitrogens with zero attached hydrogens (tertiary/aromatic N) is 2. The molecule has 8 heteroatoms. The van der Waals surface area contributed by atoms with E-state index in [1.165, 1.54) is 4.90 Å². The van der Waals surface area contributed by atoms with E-state index in [0.29, 0.717) is 44.3 Å². The van der Waals surface area contributed by atoms with Crippen molar-refractivity contribution < 1.29 is 24.3 Å². The summed E-state index contributed by atoms with van der Waals surface area (Å²) in [5.74, 6) is -1.69. The molecule has 27 heavy (non-hydrogen) atoms. The van der Waals surface area contributed by atoms with E-state index in [2.05, 4.69) is 5.32 Å². The molecule has 1 fully saturated rings. The van der Waals surface area contributed by atoms with Crippen LogP contribution in [0, 0.1) is 5.92 Å². The molecule has 1 saturated heterocycles. The predicted molar refractivity (Wildman–Crippen MR) is 97.3 cm³/mol. The summed E-state index contributed by atoms with van der Waals surface area (Å²) in [4.78, 5) is 50.5. The van der Waals surface area contributed by atoms with Gasteiger partial charge in [-0.1, -0.05) is 0 Å². The number of fused-ring (bicyclic) bond motifs is 1. The molecule has 0 atom stereocenters. The number of aryl methyl sites for hydroxylation is 1. The zero-order valence-electron chi connectivity index (χ0n) is 15.2. The van der Waals surface area contributed by atoms with Crippen LogP contribution in [0.1, 0.15) is 35.2 Å². The van der Waals surface area contributed by atoms with E-state index in [9.17, 15) is 19.2 Å². The summed E-state index contributed by atoms with van der Waals surface area (Å²) in [6, 6.07) is 5.12. The summed E-state index contributed by atoms with van der Waals surface area (Å²) in [5.41, 5.74) is 2.11. The maximum Gasteiger partial charge on any atom is 0.306 e. The number of nitrogens with one attached hydrogen (secondary N) is 1. The van der Waals surface area contributed by atoms with Gasteiger partial charge in [-0.25, -0.2) is 0 Å². The van der Waals surface area contributed by atoms with Gasteiger partial charge in [0.1, 0.15) is 0 Å². The average Bonchev–Trinajstić information content (AvgIpc) is 2.66. The number of carboxylic acid groups (broad SMARTS) is 1. The molecule has 3 rings (SSSR count). The Morgan fingerprint density at radius 2 is 1.93 bits per heavy atom. The van der Waals surface area contributed by atoms with Crippen molar-refractivity contribution in [1.82, 2.24) is 9.80 Å². The quantitative estimate of drug-likeness (QED) is 0.818. The fraction of sp³-hybridized carbons (Fsp3) is 0.474. The van der Waals surface area contributed by atoms with E-state index in [0.717, 1.165) is 11.3 Å². The molecule has 8 nitrogen and oxygen atoms in total. The number of hydrogen-bond donors (Lipinski definition) is 2.